The molecule has 0 aliphatic carbocycles. The van der Waals surface area contributed by atoms with Crippen molar-refractivity contribution in [2.75, 3.05) is 46.1 Å². The predicted molar refractivity (Wildman–Crippen MR) is 529 cm³/mol. The maximum Gasteiger partial charge on any atom is 1.00 e. The molecule has 0 aromatic heterocycles. The number of carboxylic acids is 2. The number of nitrogens with one attached hydrogen (secondary N) is 1. The summed E-state index contributed by atoms with van der Waals surface area (Å²) in [6.07, 6.45) is -0.211. The Labute approximate surface area is 846 Å². The van der Waals surface area contributed by atoms with E-state index in [1.54, 1.807) is 54.6 Å². The Morgan fingerprint density at radius 1 is 0.397 bits per heavy atom. The molecule has 4 saturated heterocycles. The number of imide groups is 2. The normalized spacial score (nSPS) is 14.9. The molecule has 141 heavy (non-hydrogen) atoms. The number of nitrogens with zero attached hydrogens (tertiary/aromatic N) is 5. The third-order valence-corrected chi connectivity index (χ3v) is 22.0. The molecule has 5 amide bonds. The average Bonchev–Trinajstić information content (AvgIpc) is 1.62. The molecule has 26 nitrogen and oxygen atoms in total. The van der Waals surface area contributed by atoms with Gasteiger partial charge in [0.15, 0.2) is 12.2 Å². The molecule has 4 heterocycles. The Bertz CT molecular complexity index is 6120. The van der Waals surface area contributed by atoms with E-state index in [-0.39, 0.29) is 109 Å². The molecule has 1 unspecified atom stereocenters. The van der Waals surface area contributed by atoms with Crippen LogP contribution in [0.3, 0.4) is 0 Å². The second-order valence-electron chi connectivity index (χ2n) is 31.7. The summed E-state index contributed by atoms with van der Waals surface area (Å²) in [6.45, 7) is 26.2. The van der Waals surface area contributed by atoms with Crippen molar-refractivity contribution >= 4 is 56.2 Å². The number of Topliss-reactive ketones (excluding diaryl/α,β-unsaturated/α-hetero) is 1. The number of carboxylic acid groups (broad SMARTS) is 2. The quantitative estimate of drug-likeness (QED) is 0.0178. The van der Waals surface area contributed by atoms with Gasteiger partial charge in [-0.15, -0.1) is 0 Å². The molecule has 4 fully saturated rings. The van der Waals surface area contributed by atoms with Gasteiger partial charge in [0.25, 0.3) is 0 Å². The number of amides is 5. The first-order valence-electron chi connectivity index (χ1n) is 44.9. The fourth-order valence-electron chi connectivity index (χ4n) is 14.9. The number of hydrogen-bond acceptors (Lipinski definition) is 18. The molecule has 0 spiro atoms. The third-order valence-electron chi connectivity index (χ3n) is 22.0. The summed E-state index contributed by atoms with van der Waals surface area (Å²) < 4.78 is 49.0. The van der Waals surface area contributed by atoms with Gasteiger partial charge in [-0.2, -0.15) is 0 Å². The molecule has 13 aromatic carbocycles. The zero-order chi connectivity index (χ0) is 98.1. The van der Waals surface area contributed by atoms with Gasteiger partial charge in [0.1, 0.15) is 111 Å². The molecule has 4 aliphatic heterocycles. The van der Waals surface area contributed by atoms with Crippen LogP contribution in [-0.4, -0.2) is 134 Å². The summed E-state index contributed by atoms with van der Waals surface area (Å²) in [5.41, 5.74) is 11.3. The Balaban J connectivity index is 0.000000209. The Hall–Kier alpha value is -15.9. The molecular formula is C113H107BN6NaO20. The van der Waals surface area contributed by atoms with E-state index in [4.69, 9.17) is 72.6 Å². The van der Waals surface area contributed by atoms with Gasteiger partial charge in [0, 0.05) is 49.3 Å². The Morgan fingerprint density at radius 2 is 0.709 bits per heavy atom. The van der Waals surface area contributed by atoms with Crippen LogP contribution >= 0.6 is 0 Å². The molecule has 17 rings (SSSR count). The number of carbonyl (C=O) groups is 8. The number of aliphatic carboxylic acids is 2. The molecule has 7 atom stereocenters. The summed E-state index contributed by atoms with van der Waals surface area (Å²) in [7, 11) is 0. The van der Waals surface area contributed by atoms with E-state index in [1.807, 2.05) is 309 Å². The average molecular weight is 1900 g/mol. The molecule has 13 aromatic rings. The van der Waals surface area contributed by atoms with Crippen molar-refractivity contribution in [1.82, 2.24) is 15.1 Å². The summed E-state index contributed by atoms with van der Waals surface area (Å²) in [4.78, 5) is 108. The van der Waals surface area contributed by atoms with Gasteiger partial charge in [-0.05, 0) is 88.2 Å². The van der Waals surface area contributed by atoms with Crippen LogP contribution in [-0.2, 0) is 88.8 Å². The fourth-order valence-corrected chi connectivity index (χ4v) is 14.9. The van der Waals surface area contributed by atoms with E-state index in [1.165, 1.54) is 11.8 Å². The fraction of sp³-hybridized carbons (Fsp3) is 0.212. The minimum Gasteiger partial charge on any atom is -1.00 e. The number of para-hydroxylation sites is 5. The zero-order valence-electron chi connectivity index (χ0n) is 79.1. The number of aliphatic hydroxyl groups is 1. The van der Waals surface area contributed by atoms with Crippen LogP contribution in [0.5, 0.6) is 28.7 Å². The first-order chi connectivity index (χ1) is 67.9. The van der Waals surface area contributed by atoms with Gasteiger partial charge < -0.3 is 79.2 Å². The van der Waals surface area contributed by atoms with Crippen molar-refractivity contribution < 1.29 is 127 Å². The van der Waals surface area contributed by atoms with E-state index in [9.17, 15) is 43.5 Å². The molecule has 713 valence electrons. The van der Waals surface area contributed by atoms with Crippen molar-refractivity contribution in [1.29, 1.82) is 0 Å². The minimum atomic E-state index is -1.01. The standard InChI is InChI=1S/C26H22N2O4.C24H21NO4.C18H17NO2.C17H15NO3.C15H14O3.C9H9NO2.C4H8O2.B.Na.H/c1-27-16-22(21-14-8-9-15-24(21)31-17-19-10-4-2-5-11-19)25(29)28-23(18-32-26(28)30)20-12-6-3-7-13-20;26-23(25-21(17-29-24(25)27)19-11-5-2-6-12-19)15-20-13-7-8-14-22(20)28-16-18-9-3-1-4-10-18;1-14(20)17(12-19-2)16-10-6-7-11-18(16)21-13-15-8-4-3-5-9-15;1-18-11-15(17(19)20)14-9-5-6-10-16(14)21-12-13-7-3-2-4-8-13;16-15(17)10-13-8-4-5-9-14(13)18-11-12-6-2-1-3-7-12;11-9-10-8(6-12-9)7-4-2-1-3-5-7;5-4-2-1-3-6-4;;;/h2-15,22-23H,16-18H2;1-14,21H,15-17H2;3-11,17H,12-13H2,1H3;2-10,15H,11-12H2,(H,19,20);1-9H,10-11H2,(H,16,17);1-5,8H,6H2,(H,10,11);4-5H,1-3H2;;;/q;;;;;;;;+1;-1/t22-,23+;21-;17-;15-;;8-;;;;/m1001.0..../s1. The largest absolute Gasteiger partial charge is 1.00 e. The van der Waals surface area contributed by atoms with Crippen molar-refractivity contribution in [2.45, 2.75) is 108 Å². The summed E-state index contributed by atoms with van der Waals surface area (Å²) in [5.74, 6) is -1.83. The number of rotatable bonds is 31. The molecule has 4 aliphatic rings. The molecular weight excluding hydrogens is 1800 g/mol. The SMILES string of the molecule is O=C(Cc1ccccc1OCc1ccccc1)N1C(=O)OC[C@H]1c1ccccc1.O=C(O)Cc1ccccc1OCc1ccccc1.O=C1N[C@H](c2ccccc2)CO1.OC1CCCO1.[B].[C-]#[N+]C[C@@H](C(=O)N1C(=O)OC[C@H]1c1ccccc1)c1ccccc1OCc1ccccc1.[C-]#[N+]C[C@@H](C(=O)O)c1ccccc1OCc1ccccc1.[C-]#[N+]C[C@@H](C(C)=O)c1ccccc1OCc1ccccc1.[H-].[Na+]. The predicted octanol–water partition coefficient (Wildman–Crippen LogP) is 17.9. The van der Waals surface area contributed by atoms with Crippen LogP contribution in [0.2, 0.25) is 0 Å². The summed E-state index contributed by atoms with van der Waals surface area (Å²) in [6, 6.07) is 113. The van der Waals surface area contributed by atoms with Crippen molar-refractivity contribution in [3.63, 3.8) is 0 Å². The van der Waals surface area contributed by atoms with Crippen LogP contribution in [0.4, 0.5) is 14.4 Å². The first kappa shape index (κ1) is 109. The van der Waals surface area contributed by atoms with Gasteiger partial charge in [0.2, 0.25) is 31.4 Å². The van der Waals surface area contributed by atoms with E-state index in [0.717, 1.165) is 80.0 Å². The zero-order valence-corrected chi connectivity index (χ0v) is 80.1. The van der Waals surface area contributed by atoms with Crippen LogP contribution in [0.1, 0.15) is 129 Å². The van der Waals surface area contributed by atoms with E-state index >= 15 is 0 Å². The second kappa shape index (κ2) is 59.3. The van der Waals surface area contributed by atoms with E-state index in [2.05, 4.69) is 19.9 Å². The van der Waals surface area contributed by atoms with Crippen LogP contribution in [0.25, 0.3) is 14.5 Å². The Morgan fingerprint density at radius 3 is 1.05 bits per heavy atom. The second-order valence-corrected chi connectivity index (χ2v) is 31.7. The number of ether oxygens (including phenoxy) is 9. The number of alkyl carbamates (subject to hydrolysis) is 1. The summed E-state index contributed by atoms with van der Waals surface area (Å²) >= 11 is 0. The molecule has 3 radical (unpaired) electrons. The van der Waals surface area contributed by atoms with Gasteiger partial charge >= 0.3 is 59.8 Å². The van der Waals surface area contributed by atoms with Crippen molar-refractivity contribution in [2.24, 2.45) is 0 Å². The van der Waals surface area contributed by atoms with Crippen LogP contribution < -0.4 is 58.6 Å². The number of carbonyl (C=O) groups excluding carboxylic acids is 6. The van der Waals surface area contributed by atoms with Crippen LogP contribution in [0, 0.1) is 19.7 Å². The topological polar surface area (TPSA) is 312 Å². The molecule has 4 N–H and O–H groups in total. The number of benzene rings is 13. The number of hydrogen-bond donors (Lipinski definition) is 4. The van der Waals surface area contributed by atoms with Crippen LogP contribution in [0.15, 0.2) is 364 Å². The third kappa shape index (κ3) is 34.6. The molecule has 0 bridgehead atoms. The van der Waals surface area contributed by atoms with Gasteiger partial charge in [-0.25, -0.2) is 43.9 Å². The maximum atomic E-state index is 13.6. The smallest absolute Gasteiger partial charge is 1.00 e. The van der Waals surface area contributed by atoms with Crippen molar-refractivity contribution in [3.05, 3.63) is 471 Å². The number of aliphatic hydroxyl groups excluding tert-OH is 1. The summed E-state index contributed by atoms with van der Waals surface area (Å²) in [5, 5.41) is 29.3. The first-order valence-corrected chi connectivity index (χ1v) is 44.9. The van der Waals surface area contributed by atoms with Gasteiger partial charge in [-0.1, -0.05) is 334 Å². The minimum absolute atomic E-state index is 0. The number of ketones is 1. The van der Waals surface area contributed by atoms with Gasteiger partial charge in [-0.3, -0.25) is 24.0 Å². The maximum absolute atomic E-state index is 13.6. The molecule has 0 saturated carbocycles. The molecule has 28 heteroatoms. The Kier molecular flexibility index (Phi) is 45.7. The van der Waals surface area contributed by atoms with E-state index < -0.39 is 66.2 Å². The monoisotopic (exact) mass is 1900 g/mol. The van der Waals surface area contributed by atoms with Gasteiger partial charge in [0.05, 0.1) is 18.9 Å². The number of cyclic esters (lactones) is 3. The van der Waals surface area contributed by atoms with E-state index in [0.29, 0.717) is 85.1 Å². The van der Waals surface area contributed by atoms with Crippen molar-refractivity contribution in [3.8, 4) is 28.7 Å².